The highest BCUT2D eigenvalue weighted by atomic mass is 32.2. The van der Waals surface area contributed by atoms with E-state index in [0.717, 1.165) is 35.6 Å². The number of alkyl carbamates (subject to hydrolysis) is 1. The zero-order valence-corrected chi connectivity index (χ0v) is 28.1. The minimum Gasteiger partial charge on any atom is -0.446 e. The van der Waals surface area contributed by atoms with Crippen LogP contribution in [0.4, 0.5) is 4.79 Å². The Labute approximate surface area is 271 Å². The Hall–Kier alpha value is -3.49. The molecule has 1 aromatic carbocycles. The van der Waals surface area contributed by atoms with Crippen molar-refractivity contribution in [3.63, 3.8) is 0 Å². The number of carbonyl (C=O) groups excluding carboxylic acids is 4. The normalized spacial score (nSPS) is 25.5. The lowest BCUT2D eigenvalue weighted by molar-refractivity contribution is -0.143. The maximum Gasteiger partial charge on any atom is 0.408 e. The molecule has 3 fully saturated rings. The molecule has 5 atom stereocenters. The van der Waals surface area contributed by atoms with Crippen LogP contribution in [0.2, 0.25) is 0 Å². The van der Waals surface area contributed by atoms with Crippen LogP contribution in [-0.4, -0.2) is 91.9 Å². The van der Waals surface area contributed by atoms with Crippen molar-refractivity contribution in [2.45, 2.75) is 95.7 Å². The largest absolute Gasteiger partial charge is 0.446 e. The van der Waals surface area contributed by atoms with Gasteiger partial charge in [-0.15, -0.1) is 6.58 Å². The third kappa shape index (κ3) is 8.26. The molecule has 1 heterocycles. The molecule has 46 heavy (non-hydrogen) atoms. The quantitative estimate of drug-likeness (QED) is 0.287. The summed E-state index contributed by atoms with van der Waals surface area (Å²) in [7, 11) is -1.58. The highest BCUT2D eigenvalue weighted by Crippen LogP contribution is 2.45. The predicted molar refractivity (Wildman–Crippen MR) is 170 cm³/mol. The summed E-state index contributed by atoms with van der Waals surface area (Å²) >= 11 is 0. The number of nitrogens with zero attached hydrogens (tertiary/aromatic N) is 2. The molecular weight excluding hydrogens is 614 g/mol. The standard InChI is InChI=1S/C32H47N5O8S/c1-7-22-18-32(22,29(40)35-46(42,43)36(5)6)34-27(38)25-17-24(44-20-21-13-9-8-10-14-21)19-37(25)28(39)26(31(2,3)4)33-30(41)45-23-15-11-12-16-23/h7-10,13-14,22-26H,1,11-12,15-20H2,2-6H3,(H,33,41)(H,34,38)(H,35,40)/t22-,24-,25-,26-,32-/m1/s1. The number of hydrogen-bond donors (Lipinski definition) is 3. The first kappa shape index (κ1) is 35.4. The highest BCUT2D eigenvalue weighted by Gasteiger charge is 2.61. The third-order valence-corrected chi connectivity index (χ3v) is 10.3. The Morgan fingerprint density at radius 3 is 2.33 bits per heavy atom. The number of amides is 4. The van der Waals surface area contributed by atoms with Gasteiger partial charge in [0.25, 0.3) is 5.91 Å². The molecule has 0 spiro atoms. The number of nitrogens with one attached hydrogen (secondary N) is 3. The summed E-state index contributed by atoms with van der Waals surface area (Å²) in [5, 5.41) is 5.50. The topological polar surface area (TPSA) is 163 Å². The van der Waals surface area contributed by atoms with Crippen molar-refractivity contribution < 1.29 is 37.1 Å². The molecule has 4 rings (SSSR count). The molecule has 2 aliphatic carbocycles. The van der Waals surface area contributed by atoms with Crippen molar-refractivity contribution in [1.82, 2.24) is 24.6 Å². The van der Waals surface area contributed by atoms with Crippen molar-refractivity contribution in [3.8, 4) is 0 Å². The molecular formula is C32H47N5O8S. The fourth-order valence-electron chi connectivity index (χ4n) is 5.96. The number of rotatable bonds is 12. The molecule has 0 bridgehead atoms. The summed E-state index contributed by atoms with van der Waals surface area (Å²) in [5.74, 6) is -2.54. The minimum atomic E-state index is -4.13. The molecule has 1 saturated heterocycles. The minimum absolute atomic E-state index is 0.0643. The van der Waals surface area contributed by atoms with Gasteiger partial charge in [-0.3, -0.25) is 14.4 Å². The van der Waals surface area contributed by atoms with Crippen LogP contribution >= 0.6 is 0 Å². The Bertz CT molecular complexity index is 1410. The van der Waals surface area contributed by atoms with Crippen molar-refractivity contribution in [1.29, 1.82) is 0 Å². The lowest BCUT2D eigenvalue weighted by Gasteiger charge is -2.35. The fraction of sp³-hybridized carbons (Fsp3) is 0.625. The van der Waals surface area contributed by atoms with Crippen LogP contribution in [0.5, 0.6) is 0 Å². The molecule has 0 aromatic heterocycles. The van der Waals surface area contributed by atoms with Gasteiger partial charge < -0.3 is 25.0 Å². The molecule has 13 nitrogen and oxygen atoms in total. The second kappa shape index (κ2) is 14.1. The molecule has 3 N–H and O–H groups in total. The highest BCUT2D eigenvalue weighted by molar-refractivity contribution is 7.87. The molecule has 254 valence electrons. The summed E-state index contributed by atoms with van der Waals surface area (Å²) < 4.78 is 39.5. The zero-order chi connectivity index (χ0) is 33.9. The molecule has 1 aliphatic heterocycles. The monoisotopic (exact) mass is 661 g/mol. The lowest BCUT2D eigenvalue weighted by atomic mass is 9.85. The van der Waals surface area contributed by atoms with Gasteiger partial charge in [0.1, 0.15) is 23.7 Å². The van der Waals surface area contributed by atoms with E-state index in [1.165, 1.54) is 25.1 Å². The fourth-order valence-corrected chi connectivity index (χ4v) is 6.56. The van der Waals surface area contributed by atoms with Crippen molar-refractivity contribution in [2.24, 2.45) is 11.3 Å². The Kier molecular flexibility index (Phi) is 10.8. The van der Waals surface area contributed by atoms with Gasteiger partial charge in [-0.05, 0) is 43.1 Å². The van der Waals surface area contributed by atoms with Gasteiger partial charge in [0.2, 0.25) is 11.8 Å². The summed E-state index contributed by atoms with van der Waals surface area (Å²) in [6, 6.07) is 7.38. The summed E-state index contributed by atoms with van der Waals surface area (Å²) in [5.41, 5.74) is -1.38. The smallest absolute Gasteiger partial charge is 0.408 e. The second-order valence-electron chi connectivity index (χ2n) is 13.6. The SMILES string of the molecule is C=C[C@@H]1C[C@]1(NC(=O)[C@H]1C[C@@H](OCc2ccccc2)CN1C(=O)[C@@H](NC(=O)OC1CCCC1)C(C)(C)C)C(=O)NS(=O)(=O)N(C)C. The Morgan fingerprint density at radius 1 is 1.11 bits per heavy atom. The lowest BCUT2D eigenvalue weighted by Crippen LogP contribution is -2.60. The van der Waals surface area contributed by atoms with E-state index in [0.29, 0.717) is 0 Å². The van der Waals surface area contributed by atoms with E-state index >= 15 is 0 Å². The van der Waals surface area contributed by atoms with E-state index in [2.05, 4.69) is 17.2 Å². The van der Waals surface area contributed by atoms with Gasteiger partial charge >= 0.3 is 16.3 Å². The zero-order valence-electron chi connectivity index (χ0n) is 27.3. The van der Waals surface area contributed by atoms with Crippen LogP contribution < -0.4 is 15.4 Å². The van der Waals surface area contributed by atoms with Gasteiger partial charge in [-0.25, -0.2) is 9.52 Å². The van der Waals surface area contributed by atoms with E-state index in [-0.39, 0.29) is 32.1 Å². The third-order valence-electron chi connectivity index (χ3n) is 8.88. The summed E-state index contributed by atoms with van der Waals surface area (Å²) in [6.45, 7) is 9.48. The molecule has 3 aliphatic rings. The van der Waals surface area contributed by atoms with Gasteiger partial charge in [0.15, 0.2) is 0 Å². The van der Waals surface area contributed by atoms with E-state index in [4.69, 9.17) is 9.47 Å². The van der Waals surface area contributed by atoms with E-state index in [1.807, 2.05) is 55.8 Å². The van der Waals surface area contributed by atoms with Crippen LogP contribution in [0.25, 0.3) is 0 Å². The number of hydrogen-bond acceptors (Lipinski definition) is 8. The van der Waals surface area contributed by atoms with Crippen molar-refractivity contribution in [2.75, 3.05) is 20.6 Å². The molecule has 0 unspecified atom stereocenters. The Balaban J connectivity index is 1.56. The molecule has 1 aromatic rings. The predicted octanol–water partition coefficient (Wildman–Crippen LogP) is 2.24. The number of benzene rings is 1. The van der Waals surface area contributed by atoms with Crippen LogP contribution in [0.3, 0.4) is 0 Å². The Morgan fingerprint density at radius 2 is 1.76 bits per heavy atom. The molecule has 2 saturated carbocycles. The van der Waals surface area contributed by atoms with Crippen molar-refractivity contribution >= 4 is 34.0 Å². The summed E-state index contributed by atoms with van der Waals surface area (Å²) in [6.07, 6.45) is 3.82. The summed E-state index contributed by atoms with van der Waals surface area (Å²) in [4.78, 5) is 55.8. The molecule has 14 heteroatoms. The number of ether oxygens (including phenoxy) is 2. The van der Waals surface area contributed by atoms with Crippen LogP contribution in [0.1, 0.15) is 64.9 Å². The van der Waals surface area contributed by atoms with Crippen LogP contribution in [0, 0.1) is 11.3 Å². The van der Waals surface area contributed by atoms with E-state index in [9.17, 15) is 27.6 Å². The maximum absolute atomic E-state index is 14.2. The van der Waals surface area contributed by atoms with Gasteiger partial charge in [0.05, 0.1) is 12.7 Å². The molecule has 4 amide bonds. The van der Waals surface area contributed by atoms with E-state index in [1.54, 1.807) is 0 Å². The van der Waals surface area contributed by atoms with Gasteiger partial charge in [-0.1, -0.05) is 57.2 Å². The first-order valence-corrected chi connectivity index (χ1v) is 17.1. The first-order chi connectivity index (χ1) is 21.6. The molecule has 0 radical (unpaired) electrons. The van der Waals surface area contributed by atoms with Crippen LogP contribution in [0.15, 0.2) is 43.0 Å². The van der Waals surface area contributed by atoms with Crippen molar-refractivity contribution in [3.05, 3.63) is 48.6 Å². The van der Waals surface area contributed by atoms with Gasteiger partial charge in [-0.2, -0.15) is 12.7 Å². The number of likely N-dealkylation sites (tertiary alicyclic amines) is 1. The number of carbonyl (C=O) groups is 4. The van der Waals surface area contributed by atoms with Gasteiger partial charge in [0, 0.05) is 33.0 Å². The second-order valence-corrected chi connectivity index (χ2v) is 15.5. The first-order valence-electron chi connectivity index (χ1n) is 15.7. The maximum atomic E-state index is 14.2. The van der Waals surface area contributed by atoms with E-state index < -0.39 is 69.1 Å². The average Bonchev–Trinajstić information content (AvgIpc) is 3.28. The average molecular weight is 662 g/mol. The van der Waals surface area contributed by atoms with Crippen LogP contribution in [-0.2, 0) is 40.7 Å².